The predicted octanol–water partition coefficient (Wildman–Crippen LogP) is 2.76. The molecule has 0 spiro atoms. The van der Waals surface area contributed by atoms with Gasteiger partial charge in [0.25, 0.3) is 0 Å². The third kappa shape index (κ3) is 5.70. The van der Waals surface area contributed by atoms with E-state index in [4.69, 9.17) is 25.8 Å². The van der Waals surface area contributed by atoms with Crippen LogP contribution >= 0.6 is 11.6 Å². The molecule has 0 saturated heterocycles. The topological polar surface area (TPSA) is 94.2 Å². The van der Waals surface area contributed by atoms with Crippen LogP contribution in [0.25, 0.3) is 0 Å². The summed E-state index contributed by atoms with van der Waals surface area (Å²) in [5.41, 5.74) is 1.82. The molecule has 0 aliphatic heterocycles. The number of carbonyl (C=O) groups is 1. The number of hydrogen-bond acceptors (Lipinski definition) is 6. The van der Waals surface area contributed by atoms with Gasteiger partial charge in [0.05, 0.1) is 33.3 Å². The minimum absolute atomic E-state index is 0.141. The first-order valence-corrected chi connectivity index (χ1v) is 11.1. The van der Waals surface area contributed by atoms with Gasteiger partial charge in [-0.05, 0) is 42.3 Å². The molecule has 2 aromatic carbocycles. The van der Waals surface area contributed by atoms with Gasteiger partial charge in [0.1, 0.15) is 6.54 Å². The van der Waals surface area contributed by atoms with Crippen LogP contribution in [0.2, 0.25) is 5.02 Å². The van der Waals surface area contributed by atoms with E-state index in [1.165, 1.54) is 27.4 Å². The van der Waals surface area contributed by atoms with Gasteiger partial charge in [0.15, 0.2) is 11.5 Å². The summed E-state index contributed by atoms with van der Waals surface area (Å²) in [5.74, 6) is 0.863. The second kappa shape index (κ2) is 9.90. The minimum atomic E-state index is -3.70. The van der Waals surface area contributed by atoms with Crippen molar-refractivity contribution in [3.63, 3.8) is 0 Å². The second-order valence-electron chi connectivity index (χ2n) is 6.51. The number of sulfonamides is 1. The number of carbonyl (C=O) groups excluding carboxylic acids is 1. The molecular formula is C20H25ClN2O6S. The van der Waals surface area contributed by atoms with Crippen LogP contribution in [0.1, 0.15) is 11.1 Å². The summed E-state index contributed by atoms with van der Waals surface area (Å²) >= 11 is 6.11. The number of nitrogens with zero attached hydrogens (tertiary/aromatic N) is 1. The Hall–Kier alpha value is -2.65. The van der Waals surface area contributed by atoms with Crippen molar-refractivity contribution in [3.8, 4) is 17.2 Å². The van der Waals surface area contributed by atoms with Crippen LogP contribution in [0.15, 0.2) is 30.3 Å². The number of benzene rings is 2. The van der Waals surface area contributed by atoms with E-state index in [1.54, 1.807) is 31.2 Å². The standard InChI is InChI=1S/C20H25ClN2O6S/c1-13-6-7-15(10-16(13)21)23(30(5,25)26)12-19(24)22-11-14-8-17(27-2)20(29-4)18(9-14)28-3/h6-10H,11-12H2,1-5H3,(H,22,24). The zero-order valence-electron chi connectivity index (χ0n) is 17.5. The lowest BCUT2D eigenvalue weighted by atomic mass is 10.1. The second-order valence-corrected chi connectivity index (χ2v) is 8.83. The van der Waals surface area contributed by atoms with E-state index in [-0.39, 0.29) is 13.1 Å². The maximum Gasteiger partial charge on any atom is 0.241 e. The number of methoxy groups -OCH3 is 3. The van der Waals surface area contributed by atoms with Crippen molar-refractivity contribution < 1.29 is 27.4 Å². The number of rotatable bonds is 9. The molecule has 30 heavy (non-hydrogen) atoms. The number of amides is 1. The third-order valence-electron chi connectivity index (χ3n) is 4.35. The Morgan fingerprint density at radius 1 is 1.07 bits per heavy atom. The fourth-order valence-electron chi connectivity index (χ4n) is 2.76. The SMILES string of the molecule is COc1cc(CNC(=O)CN(c2ccc(C)c(Cl)c2)S(C)(=O)=O)cc(OC)c1OC. The monoisotopic (exact) mass is 456 g/mol. The number of nitrogens with one attached hydrogen (secondary N) is 1. The molecule has 1 amide bonds. The van der Waals surface area contributed by atoms with Gasteiger partial charge < -0.3 is 19.5 Å². The quantitative estimate of drug-likeness (QED) is 0.623. The summed E-state index contributed by atoms with van der Waals surface area (Å²) in [6.45, 7) is 1.56. The average Bonchev–Trinajstić information content (AvgIpc) is 2.70. The van der Waals surface area contributed by atoms with Gasteiger partial charge in [-0.2, -0.15) is 0 Å². The van der Waals surface area contributed by atoms with E-state index in [2.05, 4.69) is 5.32 Å². The average molecular weight is 457 g/mol. The summed E-state index contributed by atoms with van der Waals surface area (Å²) in [6, 6.07) is 8.23. The highest BCUT2D eigenvalue weighted by Gasteiger charge is 2.21. The molecule has 0 fully saturated rings. The maximum absolute atomic E-state index is 12.5. The van der Waals surface area contributed by atoms with Gasteiger partial charge in [-0.1, -0.05) is 17.7 Å². The van der Waals surface area contributed by atoms with E-state index in [0.29, 0.717) is 33.5 Å². The van der Waals surface area contributed by atoms with Crippen molar-refractivity contribution in [1.82, 2.24) is 5.32 Å². The predicted molar refractivity (Wildman–Crippen MR) is 116 cm³/mol. The zero-order valence-corrected chi connectivity index (χ0v) is 19.1. The van der Waals surface area contributed by atoms with E-state index < -0.39 is 15.9 Å². The Balaban J connectivity index is 2.18. The summed E-state index contributed by atoms with van der Waals surface area (Å²) in [4.78, 5) is 12.5. The zero-order chi connectivity index (χ0) is 22.5. The Kier molecular flexibility index (Phi) is 7.80. The molecule has 2 aromatic rings. The fraction of sp³-hybridized carbons (Fsp3) is 0.350. The molecule has 0 unspecified atom stereocenters. The first kappa shape index (κ1) is 23.6. The van der Waals surface area contributed by atoms with Crippen LogP contribution in [0.4, 0.5) is 5.69 Å². The number of halogens is 1. The molecule has 0 atom stereocenters. The highest BCUT2D eigenvalue weighted by molar-refractivity contribution is 7.92. The molecule has 2 rings (SSSR count). The van der Waals surface area contributed by atoms with Gasteiger partial charge in [-0.15, -0.1) is 0 Å². The molecule has 0 aliphatic rings. The minimum Gasteiger partial charge on any atom is -0.493 e. The molecule has 164 valence electrons. The molecule has 0 aliphatic carbocycles. The highest BCUT2D eigenvalue weighted by atomic mass is 35.5. The van der Waals surface area contributed by atoms with E-state index >= 15 is 0 Å². The van der Waals surface area contributed by atoms with Crippen LogP contribution in [0.5, 0.6) is 17.2 Å². The Labute approximate surface area is 181 Å². The van der Waals surface area contributed by atoms with Crippen LogP contribution in [0, 0.1) is 6.92 Å². The lowest BCUT2D eigenvalue weighted by Gasteiger charge is -2.22. The lowest BCUT2D eigenvalue weighted by Crippen LogP contribution is -2.40. The van der Waals surface area contributed by atoms with E-state index in [1.807, 2.05) is 0 Å². The first-order chi connectivity index (χ1) is 14.1. The molecule has 0 radical (unpaired) electrons. The molecule has 0 aromatic heterocycles. The fourth-order valence-corrected chi connectivity index (χ4v) is 3.78. The maximum atomic E-state index is 12.5. The number of anilines is 1. The van der Waals surface area contributed by atoms with Crippen LogP contribution in [0.3, 0.4) is 0 Å². The first-order valence-electron chi connectivity index (χ1n) is 8.90. The van der Waals surface area contributed by atoms with Crippen molar-refractivity contribution in [1.29, 1.82) is 0 Å². The number of hydrogen-bond donors (Lipinski definition) is 1. The lowest BCUT2D eigenvalue weighted by molar-refractivity contribution is -0.119. The van der Waals surface area contributed by atoms with Crippen LogP contribution in [-0.4, -0.2) is 48.5 Å². The van der Waals surface area contributed by atoms with E-state index in [9.17, 15) is 13.2 Å². The van der Waals surface area contributed by atoms with Gasteiger partial charge in [0.2, 0.25) is 21.7 Å². The van der Waals surface area contributed by atoms with E-state index in [0.717, 1.165) is 16.1 Å². The molecule has 8 nitrogen and oxygen atoms in total. The number of aryl methyl sites for hydroxylation is 1. The Bertz CT molecular complexity index is 1000. The smallest absolute Gasteiger partial charge is 0.241 e. The summed E-state index contributed by atoms with van der Waals surface area (Å²) in [7, 11) is 0.793. The largest absolute Gasteiger partial charge is 0.493 e. The van der Waals surface area contributed by atoms with Crippen molar-refractivity contribution in [2.75, 3.05) is 38.4 Å². The molecule has 0 bridgehead atoms. The number of ether oxygens (including phenoxy) is 3. The summed E-state index contributed by atoms with van der Waals surface area (Å²) in [6.07, 6.45) is 1.03. The van der Waals surface area contributed by atoms with Crippen molar-refractivity contribution in [2.24, 2.45) is 0 Å². The third-order valence-corrected chi connectivity index (χ3v) is 5.89. The molecule has 0 saturated carbocycles. The van der Waals surface area contributed by atoms with Gasteiger partial charge >= 0.3 is 0 Å². The summed E-state index contributed by atoms with van der Waals surface area (Å²) in [5, 5.41) is 3.12. The van der Waals surface area contributed by atoms with Crippen LogP contribution < -0.4 is 23.8 Å². The highest BCUT2D eigenvalue weighted by Crippen LogP contribution is 2.38. The van der Waals surface area contributed by atoms with Crippen molar-refractivity contribution >= 4 is 33.2 Å². The van der Waals surface area contributed by atoms with Gasteiger partial charge in [-0.25, -0.2) is 8.42 Å². The van der Waals surface area contributed by atoms with Gasteiger partial charge in [-0.3, -0.25) is 9.10 Å². The Morgan fingerprint density at radius 2 is 1.67 bits per heavy atom. The van der Waals surface area contributed by atoms with Crippen molar-refractivity contribution in [3.05, 3.63) is 46.5 Å². The normalized spacial score (nSPS) is 11.0. The molecule has 0 heterocycles. The van der Waals surface area contributed by atoms with Gasteiger partial charge in [0, 0.05) is 11.6 Å². The van der Waals surface area contributed by atoms with Crippen molar-refractivity contribution in [2.45, 2.75) is 13.5 Å². The molecule has 10 heteroatoms. The Morgan fingerprint density at radius 3 is 2.13 bits per heavy atom. The summed E-state index contributed by atoms with van der Waals surface area (Å²) < 4.78 is 41.3. The molecular weight excluding hydrogens is 432 g/mol. The van der Waals surface area contributed by atoms with Crippen LogP contribution in [-0.2, 0) is 21.4 Å². The molecule has 1 N–H and O–H groups in total.